The maximum absolute atomic E-state index is 12.9. The van der Waals surface area contributed by atoms with E-state index in [2.05, 4.69) is 16.0 Å². The summed E-state index contributed by atoms with van der Waals surface area (Å²) in [6, 6.07) is 10.7. The zero-order valence-corrected chi connectivity index (χ0v) is 16.9. The van der Waals surface area contributed by atoms with E-state index in [9.17, 15) is 22.8 Å². The minimum Gasteiger partial charge on any atom is -0.349 e. The van der Waals surface area contributed by atoms with Crippen LogP contribution in [-0.4, -0.2) is 18.0 Å². The molecule has 1 fully saturated rings. The summed E-state index contributed by atoms with van der Waals surface area (Å²) >= 11 is 1.48. The van der Waals surface area contributed by atoms with Gasteiger partial charge in [0.15, 0.2) is 0 Å². The van der Waals surface area contributed by atoms with Crippen molar-refractivity contribution in [2.45, 2.75) is 25.1 Å². The molecule has 9 heteroatoms. The van der Waals surface area contributed by atoms with E-state index < -0.39 is 17.8 Å². The lowest BCUT2D eigenvalue weighted by Crippen LogP contribution is -2.26. The number of anilines is 2. The second kappa shape index (κ2) is 8.43. The molecule has 5 nitrogen and oxygen atoms in total. The molecule has 160 valence electrons. The maximum Gasteiger partial charge on any atom is 0.416 e. The Hall–Kier alpha value is -3.33. The van der Waals surface area contributed by atoms with Crippen LogP contribution in [0.15, 0.2) is 59.3 Å². The highest BCUT2D eigenvalue weighted by Gasteiger charge is 2.30. The second-order valence-corrected chi connectivity index (χ2v) is 7.96. The number of alkyl halides is 3. The molecule has 0 aliphatic heterocycles. The average Bonchev–Trinajstić information content (AvgIpc) is 3.36. The van der Waals surface area contributed by atoms with Gasteiger partial charge in [0, 0.05) is 22.9 Å². The summed E-state index contributed by atoms with van der Waals surface area (Å²) < 4.78 is 38.7. The van der Waals surface area contributed by atoms with E-state index in [1.165, 1.54) is 23.5 Å². The summed E-state index contributed by atoms with van der Waals surface area (Å²) in [6.45, 7) is 0. The monoisotopic (exact) mass is 445 g/mol. The van der Waals surface area contributed by atoms with E-state index in [-0.39, 0.29) is 17.6 Å². The van der Waals surface area contributed by atoms with Crippen molar-refractivity contribution < 1.29 is 22.8 Å². The van der Waals surface area contributed by atoms with E-state index in [1.807, 2.05) is 16.8 Å². The number of halogens is 3. The molecule has 0 unspecified atom stereocenters. The van der Waals surface area contributed by atoms with Gasteiger partial charge in [0.25, 0.3) is 5.91 Å². The fraction of sp³-hybridized carbons (Fsp3) is 0.182. The summed E-state index contributed by atoms with van der Waals surface area (Å²) in [6.07, 6.45) is -2.62. The van der Waals surface area contributed by atoms with Gasteiger partial charge in [-0.15, -0.1) is 0 Å². The molecule has 0 saturated heterocycles. The molecule has 1 aliphatic carbocycles. The number of rotatable bonds is 5. The summed E-state index contributed by atoms with van der Waals surface area (Å²) in [5.41, 5.74) is 1.47. The fourth-order valence-electron chi connectivity index (χ4n) is 3.01. The number of benzene rings is 2. The molecule has 3 aromatic rings. The van der Waals surface area contributed by atoms with Crippen LogP contribution < -0.4 is 16.0 Å². The molecule has 1 heterocycles. The van der Waals surface area contributed by atoms with Gasteiger partial charge in [0.2, 0.25) is 0 Å². The van der Waals surface area contributed by atoms with Crippen LogP contribution in [0.1, 0.15) is 28.8 Å². The standard InChI is InChI=1S/C22H18F3N3O2S/c23-22(24,25)15-2-1-3-17(11-15)27-21(30)28-19-10-13(20(29)26-16-5-6-16)4-7-18(19)14-8-9-31-12-14/h1-4,7-12,16H,5-6H2,(H,26,29)(H2,27,28,30). The van der Waals surface area contributed by atoms with Crippen LogP contribution in [0.3, 0.4) is 0 Å². The zero-order valence-electron chi connectivity index (χ0n) is 16.1. The highest BCUT2D eigenvalue weighted by molar-refractivity contribution is 7.08. The highest BCUT2D eigenvalue weighted by atomic mass is 32.1. The number of nitrogens with one attached hydrogen (secondary N) is 3. The van der Waals surface area contributed by atoms with E-state index in [0.717, 1.165) is 30.5 Å². The predicted molar refractivity (Wildman–Crippen MR) is 114 cm³/mol. The minimum absolute atomic E-state index is 0.00652. The molecule has 0 spiro atoms. The van der Waals surface area contributed by atoms with E-state index in [4.69, 9.17) is 0 Å². The van der Waals surface area contributed by atoms with Crippen LogP contribution in [0.2, 0.25) is 0 Å². The Morgan fingerprint density at radius 1 is 1.00 bits per heavy atom. The topological polar surface area (TPSA) is 70.2 Å². The smallest absolute Gasteiger partial charge is 0.349 e. The first kappa shape index (κ1) is 20.9. The van der Waals surface area contributed by atoms with Gasteiger partial charge >= 0.3 is 12.2 Å². The van der Waals surface area contributed by atoms with Gasteiger partial charge in [0.05, 0.1) is 11.3 Å². The first-order valence-corrected chi connectivity index (χ1v) is 10.5. The number of amides is 3. The molecule has 0 radical (unpaired) electrons. The first-order valence-electron chi connectivity index (χ1n) is 9.52. The van der Waals surface area contributed by atoms with E-state index in [1.54, 1.807) is 18.2 Å². The predicted octanol–water partition coefficient (Wildman–Crippen LogP) is 5.97. The van der Waals surface area contributed by atoms with Gasteiger partial charge in [-0.25, -0.2) is 4.79 Å². The molecule has 3 amide bonds. The SMILES string of the molecule is O=C(Nc1cccc(C(F)(F)F)c1)Nc1cc(C(=O)NC2CC2)ccc1-c1ccsc1. The fourth-order valence-corrected chi connectivity index (χ4v) is 3.67. The quantitative estimate of drug-likeness (QED) is 0.453. The molecule has 0 bridgehead atoms. The second-order valence-electron chi connectivity index (χ2n) is 7.18. The normalized spacial score (nSPS) is 13.5. The highest BCUT2D eigenvalue weighted by Crippen LogP contribution is 2.32. The van der Waals surface area contributed by atoms with Crippen LogP contribution >= 0.6 is 11.3 Å². The lowest BCUT2D eigenvalue weighted by atomic mass is 10.0. The van der Waals surface area contributed by atoms with Crippen molar-refractivity contribution in [2.75, 3.05) is 10.6 Å². The molecular formula is C22H18F3N3O2S. The van der Waals surface area contributed by atoms with E-state index in [0.29, 0.717) is 16.8 Å². The van der Waals surface area contributed by atoms with Crippen LogP contribution in [0.5, 0.6) is 0 Å². The van der Waals surface area contributed by atoms with Crippen molar-refractivity contribution in [3.05, 3.63) is 70.4 Å². The van der Waals surface area contributed by atoms with Crippen molar-refractivity contribution in [2.24, 2.45) is 0 Å². The van der Waals surface area contributed by atoms with Crippen LogP contribution in [0.4, 0.5) is 29.3 Å². The molecule has 2 aromatic carbocycles. The Bertz CT molecular complexity index is 1110. The lowest BCUT2D eigenvalue weighted by Gasteiger charge is -2.14. The van der Waals surface area contributed by atoms with E-state index >= 15 is 0 Å². The van der Waals surface area contributed by atoms with Crippen LogP contribution in [-0.2, 0) is 6.18 Å². The number of hydrogen-bond acceptors (Lipinski definition) is 3. The van der Waals surface area contributed by atoms with Gasteiger partial charge in [0.1, 0.15) is 0 Å². The Kier molecular flexibility index (Phi) is 5.69. The Labute approximate surface area is 180 Å². The molecule has 3 N–H and O–H groups in total. The number of carbonyl (C=O) groups excluding carboxylic acids is 2. The van der Waals surface area contributed by atoms with Gasteiger partial charge < -0.3 is 16.0 Å². The third-order valence-corrected chi connectivity index (χ3v) is 5.41. The molecule has 1 aliphatic rings. The van der Waals surface area contributed by atoms with Gasteiger partial charge in [-0.2, -0.15) is 24.5 Å². The van der Waals surface area contributed by atoms with Crippen molar-refractivity contribution >= 4 is 34.6 Å². The largest absolute Gasteiger partial charge is 0.416 e. The maximum atomic E-state index is 12.9. The minimum atomic E-state index is -4.51. The van der Waals surface area contributed by atoms with Crippen molar-refractivity contribution in [1.29, 1.82) is 0 Å². The zero-order chi connectivity index (χ0) is 22.0. The first-order chi connectivity index (χ1) is 14.8. The molecule has 1 saturated carbocycles. The van der Waals surface area contributed by atoms with Gasteiger partial charge in [-0.1, -0.05) is 12.1 Å². The summed E-state index contributed by atoms with van der Waals surface area (Å²) in [7, 11) is 0. The average molecular weight is 445 g/mol. The van der Waals surface area contributed by atoms with Crippen molar-refractivity contribution in [3.8, 4) is 11.1 Å². The molecule has 4 rings (SSSR count). The number of carbonyl (C=O) groups is 2. The third kappa shape index (κ3) is 5.24. The number of urea groups is 1. The third-order valence-electron chi connectivity index (χ3n) is 4.72. The number of thiophene rings is 1. The lowest BCUT2D eigenvalue weighted by molar-refractivity contribution is -0.137. The number of hydrogen-bond donors (Lipinski definition) is 3. The summed E-state index contributed by atoms with van der Waals surface area (Å²) in [5.74, 6) is -0.235. The Morgan fingerprint density at radius 2 is 1.81 bits per heavy atom. The molecular weight excluding hydrogens is 427 g/mol. The molecule has 0 atom stereocenters. The van der Waals surface area contributed by atoms with Crippen LogP contribution in [0.25, 0.3) is 11.1 Å². The summed E-state index contributed by atoms with van der Waals surface area (Å²) in [4.78, 5) is 24.9. The Morgan fingerprint density at radius 3 is 2.48 bits per heavy atom. The molecule has 31 heavy (non-hydrogen) atoms. The molecule has 1 aromatic heterocycles. The Balaban J connectivity index is 1.56. The van der Waals surface area contributed by atoms with Gasteiger partial charge in [-0.3, -0.25) is 4.79 Å². The van der Waals surface area contributed by atoms with Crippen LogP contribution in [0, 0.1) is 0 Å². The van der Waals surface area contributed by atoms with Gasteiger partial charge in [-0.05, 0) is 65.6 Å². The van der Waals surface area contributed by atoms with Crippen molar-refractivity contribution in [3.63, 3.8) is 0 Å². The summed E-state index contributed by atoms with van der Waals surface area (Å²) in [5, 5.41) is 11.8. The van der Waals surface area contributed by atoms with Crippen molar-refractivity contribution in [1.82, 2.24) is 5.32 Å².